The molecule has 1 aliphatic carbocycles. The molecule has 5 nitrogen and oxygen atoms in total. The Kier molecular flexibility index (Phi) is 5.80. The summed E-state index contributed by atoms with van der Waals surface area (Å²) in [6.07, 6.45) is 5.48. The first-order valence-electron chi connectivity index (χ1n) is 6.35. The molecule has 3 N–H and O–H groups in total. The summed E-state index contributed by atoms with van der Waals surface area (Å²) in [5, 5.41) is 14.0. The van der Waals surface area contributed by atoms with Crippen molar-refractivity contribution in [3.05, 3.63) is 0 Å². The van der Waals surface area contributed by atoms with E-state index in [-0.39, 0.29) is 18.5 Å². The van der Waals surface area contributed by atoms with Crippen LogP contribution in [0.2, 0.25) is 0 Å². The zero-order valence-electron chi connectivity index (χ0n) is 10.4. The smallest absolute Gasteiger partial charge is 0.315 e. The standard InChI is InChI=1S/C12H22N2O3/c1-9(10-5-2-3-6-10)14-12(17)13-8-4-7-11(15)16/h9-10H,2-8H2,1H3,(H,15,16)(H2,13,14,17)/t9-/m0/s1. The maximum absolute atomic E-state index is 11.5. The van der Waals surface area contributed by atoms with Crippen LogP contribution in [0, 0.1) is 5.92 Å². The highest BCUT2D eigenvalue weighted by molar-refractivity contribution is 5.74. The molecule has 0 radical (unpaired) electrons. The van der Waals surface area contributed by atoms with Crippen molar-refractivity contribution in [1.29, 1.82) is 0 Å². The van der Waals surface area contributed by atoms with Crippen LogP contribution in [-0.2, 0) is 4.79 Å². The van der Waals surface area contributed by atoms with E-state index >= 15 is 0 Å². The Labute approximate surface area is 102 Å². The zero-order chi connectivity index (χ0) is 12.7. The van der Waals surface area contributed by atoms with Crippen LogP contribution >= 0.6 is 0 Å². The van der Waals surface area contributed by atoms with Crippen LogP contribution in [0.15, 0.2) is 0 Å². The summed E-state index contributed by atoms with van der Waals surface area (Å²) in [5.74, 6) is -0.230. The number of rotatable bonds is 6. The van der Waals surface area contributed by atoms with E-state index in [1.54, 1.807) is 0 Å². The Bertz CT molecular complexity index is 262. The van der Waals surface area contributed by atoms with Gasteiger partial charge in [-0.15, -0.1) is 0 Å². The maximum Gasteiger partial charge on any atom is 0.315 e. The van der Waals surface area contributed by atoms with Gasteiger partial charge in [-0.2, -0.15) is 0 Å². The molecule has 17 heavy (non-hydrogen) atoms. The molecule has 0 aromatic carbocycles. The number of carboxylic acids is 1. The van der Waals surface area contributed by atoms with Crippen LogP contribution in [0.4, 0.5) is 4.79 Å². The molecule has 98 valence electrons. The van der Waals surface area contributed by atoms with Crippen LogP contribution in [0.1, 0.15) is 45.4 Å². The number of hydrogen-bond donors (Lipinski definition) is 3. The highest BCUT2D eigenvalue weighted by atomic mass is 16.4. The summed E-state index contributed by atoms with van der Waals surface area (Å²) in [5.41, 5.74) is 0. The first-order chi connectivity index (χ1) is 8.09. The second-order valence-electron chi connectivity index (χ2n) is 4.73. The molecule has 0 heterocycles. The molecule has 1 rings (SSSR count). The van der Waals surface area contributed by atoms with E-state index in [1.807, 2.05) is 6.92 Å². The predicted molar refractivity (Wildman–Crippen MR) is 64.8 cm³/mol. The predicted octanol–water partition coefficient (Wildman–Crippen LogP) is 1.73. The fourth-order valence-corrected chi connectivity index (χ4v) is 2.27. The highest BCUT2D eigenvalue weighted by Crippen LogP contribution is 2.27. The summed E-state index contributed by atoms with van der Waals surface area (Å²) in [4.78, 5) is 21.8. The lowest BCUT2D eigenvalue weighted by atomic mass is 10.0. The number of amides is 2. The van der Waals surface area contributed by atoms with Crippen molar-refractivity contribution >= 4 is 12.0 Å². The number of urea groups is 1. The Balaban J connectivity index is 2.09. The first-order valence-corrected chi connectivity index (χ1v) is 6.35. The number of nitrogens with one attached hydrogen (secondary N) is 2. The van der Waals surface area contributed by atoms with Crippen LogP contribution in [0.25, 0.3) is 0 Å². The van der Waals surface area contributed by atoms with E-state index in [1.165, 1.54) is 25.7 Å². The van der Waals surface area contributed by atoms with Crippen LogP contribution < -0.4 is 10.6 Å². The molecule has 0 aromatic heterocycles. The molecule has 0 spiro atoms. The van der Waals surface area contributed by atoms with Gasteiger partial charge in [0.25, 0.3) is 0 Å². The lowest BCUT2D eigenvalue weighted by Crippen LogP contribution is -2.43. The molecule has 2 amide bonds. The van der Waals surface area contributed by atoms with E-state index in [2.05, 4.69) is 10.6 Å². The molecule has 1 aliphatic rings. The Hall–Kier alpha value is -1.26. The summed E-state index contributed by atoms with van der Waals surface area (Å²) in [7, 11) is 0. The number of carbonyl (C=O) groups is 2. The van der Waals surface area contributed by atoms with Crippen LogP contribution in [0.5, 0.6) is 0 Å². The molecule has 5 heteroatoms. The quantitative estimate of drug-likeness (QED) is 0.621. The molecule has 0 aliphatic heterocycles. The average Bonchev–Trinajstić information content (AvgIpc) is 2.77. The minimum Gasteiger partial charge on any atom is -0.481 e. The van der Waals surface area contributed by atoms with E-state index in [9.17, 15) is 9.59 Å². The van der Waals surface area contributed by atoms with Crippen molar-refractivity contribution < 1.29 is 14.7 Å². The minimum absolute atomic E-state index is 0.0957. The molecule has 1 fully saturated rings. The largest absolute Gasteiger partial charge is 0.481 e. The Morgan fingerprint density at radius 2 is 2.00 bits per heavy atom. The van der Waals surface area contributed by atoms with E-state index < -0.39 is 5.97 Å². The molecule has 0 saturated heterocycles. The molecule has 1 atom stereocenters. The van der Waals surface area contributed by atoms with Gasteiger partial charge in [-0.1, -0.05) is 12.8 Å². The number of hydrogen-bond acceptors (Lipinski definition) is 2. The van der Waals surface area contributed by atoms with Crippen molar-refractivity contribution in [2.24, 2.45) is 5.92 Å². The highest BCUT2D eigenvalue weighted by Gasteiger charge is 2.22. The van der Waals surface area contributed by atoms with Gasteiger partial charge < -0.3 is 15.7 Å². The normalized spacial score (nSPS) is 17.7. The van der Waals surface area contributed by atoms with Crippen LogP contribution in [-0.4, -0.2) is 29.7 Å². The fourth-order valence-electron chi connectivity index (χ4n) is 2.27. The van der Waals surface area contributed by atoms with Gasteiger partial charge in [0.1, 0.15) is 0 Å². The molecule has 0 unspecified atom stereocenters. The molecule has 1 saturated carbocycles. The van der Waals surface area contributed by atoms with Crippen molar-refractivity contribution in [3.63, 3.8) is 0 Å². The van der Waals surface area contributed by atoms with Gasteiger partial charge in [0.15, 0.2) is 0 Å². The third-order valence-corrected chi connectivity index (χ3v) is 3.32. The zero-order valence-corrected chi connectivity index (χ0v) is 10.4. The topological polar surface area (TPSA) is 78.4 Å². The summed E-state index contributed by atoms with van der Waals surface area (Å²) in [6, 6.07) is 0.0202. The van der Waals surface area contributed by atoms with Gasteiger partial charge >= 0.3 is 12.0 Å². The average molecular weight is 242 g/mol. The second-order valence-corrected chi connectivity index (χ2v) is 4.73. The lowest BCUT2D eigenvalue weighted by Gasteiger charge is -2.20. The van der Waals surface area contributed by atoms with Gasteiger partial charge in [-0.3, -0.25) is 4.79 Å². The molecule has 0 bridgehead atoms. The second kappa shape index (κ2) is 7.14. The van der Waals surface area contributed by atoms with Gasteiger partial charge in [-0.05, 0) is 32.1 Å². The first kappa shape index (κ1) is 13.8. The van der Waals surface area contributed by atoms with Crippen LogP contribution in [0.3, 0.4) is 0 Å². The van der Waals surface area contributed by atoms with Crippen molar-refractivity contribution in [3.8, 4) is 0 Å². The van der Waals surface area contributed by atoms with Gasteiger partial charge in [0, 0.05) is 19.0 Å². The van der Waals surface area contributed by atoms with Gasteiger partial charge in [0.05, 0.1) is 0 Å². The van der Waals surface area contributed by atoms with Crippen molar-refractivity contribution in [2.75, 3.05) is 6.54 Å². The SMILES string of the molecule is C[C@H](NC(=O)NCCCC(=O)O)C1CCCC1. The van der Waals surface area contributed by atoms with E-state index in [4.69, 9.17) is 5.11 Å². The third-order valence-electron chi connectivity index (χ3n) is 3.32. The number of aliphatic carboxylic acids is 1. The van der Waals surface area contributed by atoms with Crippen molar-refractivity contribution in [2.45, 2.75) is 51.5 Å². The lowest BCUT2D eigenvalue weighted by molar-refractivity contribution is -0.137. The monoisotopic (exact) mass is 242 g/mol. The minimum atomic E-state index is -0.827. The van der Waals surface area contributed by atoms with E-state index in [0.717, 1.165) is 0 Å². The van der Waals surface area contributed by atoms with Gasteiger partial charge in [0.2, 0.25) is 0 Å². The molecular formula is C12H22N2O3. The third kappa shape index (κ3) is 5.56. The Morgan fingerprint density at radius 1 is 1.35 bits per heavy atom. The number of carboxylic acid groups (broad SMARTS) is 1. The van der Waals surface area contributed by atoms with Gasteiger partial charge in [-0.25, -0.2) is 4.79 Å². The summed E-state index contributed by atoms with van der Waals surface area (Å²) in [6.45, 7) is 2.45. The maximum atomic E-state index is 11.5. The summed E-state index contributed by atoms with van der Waals surface area (Å²) < 4.78 is 0. The van der Waals surface area contributed by atoms with Crippen molar-refractivity contribution in [1.82, 2.24) is 10.6 Å². The number of carbonyl (C=O) groups excluding carboxylic acids is 1. The Morgan fingerprint density at radius 3 is 2.59 bits per heavy atom. The van der Waals surface area contributed by atoms with E-state index in [0.29, 0.717) is 18.9 Å². The molecule has 0 aromatic rings. The fraction of sp³-hybridized carbons (Fsp3) is 0.833. The molecular weight excluding hydrogens is 220 g/mol. The summed E-state index contributed by atoms with van der Waals surface area (Å²) >= 11 is 0.